The van der Waals surface area contributed by atoms with E-state index in [2.05, 4.69) is 4.99 Å². The second kappa shape index (κ2) is 6.91. The van der Waals surface area contributed by atoms with Gasteiger partial charge < -0.3 is 0 Å². The highest BCUT2D eigenvalue weighted by Crippen LogP contribution is 2.22. The summed E-state index contributed by atoms with van der Waals surface area (Å²) >= 11 is 1.31. The zero-order valence-corrected chi connectivity index (χ0v) is 13.0. The first-order chi connectivity index (χ1) is 11.1. The number of aliphatic imine (C=N–C) groups is 1. The van der Waals surface area contributed by atoms with E-state index < -0.39 is 5.82 Å². The zero-order chi connectivity index (χ0) is 16.2. The van der Waals surface area contributed by atoms with Crippen LogP contribution in [-0.4, -0.2) is 29.1 Å². The number of rotatable bonds is 3. The second-order valence-corrected chi connectivity index (χ2v) is 5.95. The molecule has 1 amide bonds. The minimum absolute atomic E-state index is 0.276. The lowest BCUT2D eigenvalue weighted by Crippen LogP contribution is -2.32. The van der Waals surface area contributed by atoms with Crippen LogP contribution in [0.4, 0.5) is 8.78 Å². The van der Waals surface area contributed by atoms with Crippen molar-refractivity contribution in [3.63, 3.8) is 0 Å². The van der Waals surface area contributed by atoms with Crippen LogP contribution in [0, 0.1) is 11.6 Å². The van der Waals surface area contributed by atoms with Gasteiger partial charge in [0.25, 0.3) is 5.91 Å². The van der Waals surface area contributed by atoms with Gasteiger partial charge in [0.1, 0.15) is 11.6 Å². The molecule has 118 valence electrons. The summed E-state index contributed by atoms with van der Waals surface area (Å²) in [5.41, 5.74) is 0.844. The van der Waals surface area contributed by atoms with Crippen LogP contribution in [0.5, 0.6) is 0 Å². The first-order valence-corrected chi connectivity index (χ1v) is 8.12. The van der Waals surface area contributed by atoms with Crippen LogP contribution in [0.1, 0.15) is 15.9 Å². The summed E-state index contributed by atoms with van der Waals surface area (Å²) in [5.74, 6) is -0.630. The SMILES string of the molecule is O=C(c1cccc(F)c1)N1CCN=C1SCc1ccccc1F. The van der Waals surface area contributed by atoms with Gasteiger partial charge in [-0.3, -0.25) is 14.7 Å². The van der Waals surface area contributed by atoms with Crippen molar-refractivity contribution in [2.45, 2.75) is 5.75 Å². The van der Waals surface area contributed by atoms with Crippen molar-refractivity contribution in [1.82, 2.24) is 4.90 Å². The summed E-state index contributed by atoms with van der Waals surface area (Å²) < 4.78 is 26.9. The third kappa shape index (κ3) is 3.59. The molecule has 0 bridgehead atoms. The molecule has 2 aromatic carbocycles. The molecule has 0 N–H and O–H groups in total. The van der Waals surface area contributed by atoms with Gasteiger partial charge in [-0.15, -0.1) is 0 Å². The Morgan fingerprint density at radius 2 is 2.00 bits per heavy atom. The van der Waals surface area contributed by atoms with Gasteiger partial charge in [-0.2, -0.15) is 0 Å². The Morgan fingerprint density at radius 3 is 2.78 bits per heavy atom. The van der Waals surface area contributed by atoms with E-state index in [0.717, 1.165) is 0 Å². The van der Waals surface area contributed by atoms with Gasteiger partial charge in [0, 0.05) is 17.9 Å². The Kier molecular flexibility index (Phi) is 4.71. The Balaban J connectivity index is 1.70. The molecule has 0 radical (unpaired) electrons. The molecule has 3 rings (SSSR count). The smallest absolute Gasteiger partial charge is 0.259 e. The lowest BCUT2D eigenvalue weighted by atomic mass is 10.2. The molecule has 23 heavy (non-hydrogen) atoms. The Labute approximate surface area is 137 Å². The van der Waals surface area contributed by atoms with E-state index in [-0.39, 0.29) is 17.3 Å². The van der Waals surface area contributed by atoms with Gasteiger partial charge in [-0.25, -0.2) is 8.78 Å². The van der Waals surface area contributed by atoms with Gasteiger partial charge in [-0.1, -0.05) is 36.0 Å². The van der Waals surface area contributed by atoms with E-state index in [4.69, 9.17) is 0 Å². The Morgan fingerprint density at radius 1 is 1.17 bits per heavy atom. The molecule has 0 saturated carbocycles. The molecule has 3 nitrogen and oxygen atoms in total. The normalized spacial score (nSPS) is 14.0. The molecule has 0 saturated heterocycles. The highest BCUT2D eigenvalue weighted by Gasteiger charge is 2.25. The van der Waals surface area contributed by atoms with Crippen LogP contribution in [0.25, 0.3) is 0 Å². The summed E-state index contributed by atoms with van der Waals surface area (Å²) in [4.78, 5) is 18.3. The van der Waals surface area contributed by atoms with Crippen molar-refractivity contribution in [2.24, 2.45) is 4.99 Å². The fourth-order valence-electron chi connectivity index (χ4n) is 2.27. The summed E-state index contributed by atoms with van der Waals surface area (Å²) in [6.07, 6.45) is 0. The second-order valence-electron chi connectivity index (χ2n) is 5.01. The fraction of sp³-hybridized carbons (Fsp3) is 0.176. The monoisotopic (exact) mass is 332 g/mol. The average molecular weight is 332 g/mol. The number of carbonyl (C=O) groups excluding carboxylic acids is 1. The molecule has 0 spiro atoms. The number of hydrogen-bond acceptors (Lipinski definition) is 3. The molecule has 6 heteroatoms. The maximum Gasteiger partial charge on any atom is 0.259 e. The average Bonchev–Trinajstić information content (AvgIpc) is 3.02. The highest BCUT2D eigenvalue weighted by atomic mass is 32.2. The van der Waals surface area contributed by atoms with Crippen LogP contribution < -0.4 is 0 Å². The molecule has 0 unspecified atom stereocenters. The molecular weight excluding hydrogens is 318 g/mol. The summed E-state index contributed by atoms with van der Waals surface area (Å²) in [5, 5.41) is 0.544. The summed E-state index contributed by atoms with van der Waals surface area (Å²) in [7, 11) is 0. The van der Waals surface area contributed by atoms with Crippen LogP contribution in [0.15, 0.2) is 53.5 Å². The van der Waals surface area contributed by atoms with E-state index in [0.29, 0.717) is 29.6 Å². The highest BCUT2D eigenvalue weighted by molar-refractivity contribution is 8.13. The van der Waals surface area contributed by atoms with Crippen molar-refractivity contribution in [2.75, 3.05) is 13.1 Å². The van der Waals surface area contributed by atoms with Gasteiger partial charge in [-0.05, 0) is 29.8 Å². The number of amides is 1. The summed E-state index contributed by atoms with van der Waals surface area (Å²) in [6.45, 7) is 0.954. The molecule has 1 aliphatic rings. The lowest BCUT2D eigenvalue weighted by molar-refractivity contribution is 0.0860. The topological polar surface area (TPSA) is 32.7 Å². The number of amidine groups is 1. The molecule has 2 aromatic rings. The third-order valence-corrected chi connectivity index (χ3v) is 4.50. The largest absolute Gasteiger partial charge is 0.286 e. The van der Waals surface area contributed by atoms with Crippen LogP contribution in [0.3, 0.4) is 0 Å². The Bertz CT molecular complexity index is 764. The van der Waals surface area contributed by atoms with Crippen LogP contribution in [-0.2, 0) is 5.75 Å². The van der Waals surface area contributed by atoms with Crippen molar-refractivity contribution < 1.29 is 13.6 Å². The molecule has 0 aliphatic carbocycles. The minimum Gasteiger partial charge on any atom is -0.286 e. The van der Waals surface area contributed by atoms with Crippen LogP contribution in [0.2, 0.25) is 0 Å². The zero-order valence-electron chi connectivity index (χ0n) is 12.2. The van der Waals surface area contributed by atoms with Gasteiger partial charge in [0.05, 0.1) is 6.54 Å². The van der Waals surface area contributed by atoms with Gasteiger partial charge in [0.2, 0.25) is 0 Å². The molecular formula is C17H14F2N2OS. The molecule has 0 atom stereocenters. The van der Waals surface area contributed by atoms with Gasteiger partial charge in [0.15, 0.2) is 5.17 Å². The number of thioether (sulfide) groups is 1. The number of benzene rings is 2. The lowest BCUT2D eigenvalue weighted by Gasteiger charge is -2.18. The number of hydrogen-bond donors (Lipinski definition) is 0. The van der Waals surface area contributed by atoms with Crippen LogP contribution >= 0.6 is 11.8 Å². The molecule has 1 heterocycles. The maximum atomic E-state index is 13.7. The van der Waals surface area contributed by atoms with Crippen molar-refractivity contribution >= 4 is 22.8 Å². The van der Waals surface area contributed by atoms with Gasteiger partial charge >= 0.3 is 0 Å². The Hall–Kier alpha value is -2.21. The maximum absolute atomic E-state index is 13.7. The summed E-state index contributed by atoms with van der Waals surface area (Å²) in [6, 6.07) is 12.1. The van der Waals surface area contributed by atoms with Crippen molar-refractivity contribution in [1.29, 1.82) is 0 Å². The number of nitrogens with zero attached hydrogens (tertiary/aromatic N) is 2. The van der Waals surface area contributed by atoms with Crippen molar-refractivity contribution in [3.8, 4) is 0 Å². The van der Waals surface area contributed by atoms with E-state index in [1.807, 2.05) is 0 Å². The predicted molar refractivity (Wildman–Crippen MR) is 87.4 cm³/mol. The van der Waals surface area contributed by atoms with Crippen molar-refractivity contribution in [3.05, 3.63) is 71.3 Å². The van der Waals surface area contributed by atoms with E-state index in [1.165, 1.54) is 40.9 Å². The fourth-order valence-corrected chi connectivity index (χ4v) is 3.31. The third-order valence-electron chi connectivity index (χ3n) is 3.43. The first kappa shape index (κ1) is 15.7. The van der Waals surface area contributed by atoms with E-state index in [1.54, 1.807) is 24.3 Å². The first-order valence-electron chi connectivity index (χ1n) is 7.13. The quantitative estimate of drug-likeness (QED) is 0.858. The van der Waals surface area contributed by atoms with E-state index >= 15 is 0 Å². The molecule has 1 aliphatic heterocycles. The van der Waals surface area contributed by atoms with E-state index in [9.17, 15) is 13.6 Å². The predicted octanol–water partition coefficient (Wildman–Crippen LogP) is 3.71. The number of carbonyl (C=O) groups is 1. The molecule has 0 aromatic heterocycles. The minimum atomic E-state index is -0.451. The number of halogens is 2. The standard InChI is InChI=1S/C17H14F2N2OS/c18-14-6-3-5-12(10-14)16(22)21-9-8-20-17(21)23-11-13-4-1-2-7-15(13)19/h1-7,10H,8-9,11H2. The molecule has 0 fully saturated rings.